The number of methoxy groups -OCH3 is 2. The Morgan fingerprint density at radius 3 is 2.11 bits per heavy atom. The van der Waals surface area contributed by atoms with Gasteiger partial charge in [-0.15, -0.1) is 0 Å². The number of rotatable bonds is 4. The highest BCUT2D eigenvalue weighted by Gasteiger charge is 2.53. The van der Waals surface area contributed by atoms with E-state index in [0.29, 0.717) is 13.2 Å². The number of aliphatic hydroxyl groups is 1. The summed E-state index contributed by atoms with van der Waals surface area (Å²) in [5.74, 6) is 1.56. The molecule has 1 aromatic rings. The maximum Gasteiger partial charge on any atom is 0.123 e. The number of hydrogen-bond acceptors (Lipinski definition) is 4. The molecule has 0 unspecified atom stereocenters. The van der Waals surface area contributed by atoms with Crippen LogP contribution in [0.4, 0.5) is 0 Å². The summed E-state index contributed by atoms with van der Waals surface area (Å²) in [6.45, 7) is 6.56. The minimum Gasteiger partial charge on any atom is -0.496 e. The lowest BCUT2D eigenvalue weighted by atomic mass is 9.66. The summed E-state index contributed by atoms with van der Waals surface area (Å²) in [5.41, 5.74) is 0.614. The Morgan fingerprint density at radius 2 is 1.74 bits per heavy atom. The molecule has 1 fully saturated rings. The van der Waals surface area contributed by atoms with Crippen LogP contribution in [0.3, 0.4) is 0 Å². The first-order valence-electron chi connectivity index (χ1n) is 6.39. The van der Waals surface area contributed by atoms with Crippen LogP contribution in [0.25, 0.3) is 0 Å². The van der Waals surface area contributed by atoms with E-state index in [1.54, 1.807) is 28.1 Å². The highest BCUT2D eigenvalue weighted by Crippen LogP contribution is 2.47. The minimum atomic E-state index is -0.890. The predicted octanol–water partition coefficient (Wildman–Crippen LogP) is 2.05. The molecular weight excluding hydrogens is 244 g/mol. The van der Waals surface area contributed by atoms with Crippen LogP contribution in [0.2, 0.25) is 0 Å². The first kappa shape index (κ1) is 14.2. The Balaban J connectivity index is 2.60. The average molecular weight is 266 g/mol. The van der Waals surface area contributed by atoms with Gasteiger partial charge in [-0.25, -0.2) is 0 Å². The Labute approximate surface area is 114 Å². The number of ether oxygens (including phenoxy) is 3. The van der Waals surface area contributed by atoms with E-state index in [1.165, 1.54) is 0 Å². The highest BCUT2D eigenvalue weighted by atomic mass is 16.5. The van der Waals surface area contributed by atoms with Crippen LogP contribution in [0.15, 0.2) is 12.1 Å². The van der Waals surface area contributed by atoms with Gasteiger partial charge in [0.1, 0.15) is 11.5 Å². The Bertz CT molecular complexity index is 470. The Morgan fingerprint density at radius 1 is 1.16 bits per heavy atom. The lowest BCUT2D eigenvalue weighted by molar-refractivity contribution is -0.158. The van der Waals surface area contributed by atoms with E-state index in [2.05, 4.69) is 0 Å². The first-order valence-corrected chi connectivity index (χ1v) is 6.39. The fraction of sp³-hybridized carbons (Fsp3) is 0.600. The van der Waals surface area contributed by atoms with Gasteiger partial charge in [-0.3, -0.25) is 0 Å². The van der Waals surface area contributed by atoms with Crippen molar-refractivity contribution in [2.24, 2.45) is 0 Å². The molecule has 1 aromatic carbocycles. The number of aryl methyl sites for hydroxylation is 1. The summed E-state index contributed by atoms with van der Waals surface area (Å²) < 4.78 is 16.2. The van der Waals surface area contributed by atoms with Gasteiger partial charge in [-0.1, -0.05) is 0 Å². The van der Waals surface area contributed by atoms with E-state index in [4.69, 9.17) is 14.2 Å². The fourth-order valence-electron chi connectivity index (χ4n) is 2.57. The van der Waals surface area contributed by atoms with Crippen molar-refractivity contribution in [3.63, 3.8) is 0 Å². The van der Waals surface area contributed by atoms with Crippen LogP contribution in [0, 0.1) is 6.92 Å². The van der Waals surface area contributed by atoms with Gasteiger partial charge in [0.05, 0.1) is 38.4 Å². The van der Waals surface area contributed by atoms with Gasteiger partial charge in [0, 0.05) is 5.56 Å². The van der Waals surface area contributed by atoms with Crippen molar-refractivity contribution in [2.45, 2.75) is 31.8 Å². The van der Waals surface area contributed by atoms with Crippen molar-refractivity contribution in [3.8, 4) is 11.5 Å². The van der Waals surface area contributed by atoms with Gasteiger partial charge in [-0.2, -0.15) is 0 Å². The molecule has 0 saturated carbocycles. The summed E-state index contributed by atoms with van der Waals surface area (Å²) in [6.07, 6.45) is 0. The van der Waals surface area contributed by atoms with Gasteiger partial charge in [0.15, 0.2) is 0 Å². The smallest absolute Gasteiger partial charge is 0.123 e. The summed E-state index contributed by atoms with van der Waals surface area (Å²) in [4.78, 5) is 0. The quantitative estimate of drug-likeness (QED) is 0.906. The first-order chi connectivity index (χ1) is 8.85. The summed E-state index contributed by atoms with van der Waals surface area (Å²) in [5, 5.41) is 10.5. The van der Waals surface area contributed by atoms with Gasteiger partial charge in [-0.05, 0) is 38.5 Å². The second-order valence-corrected chi connectivity index (χ2v) is 5.66. The second kappa shape index (κ2) is 4.69. The van der Waals surface area contributed by atoms with Crippen LogP contribution in [-0.2, 0) is 10.2 Å². The molecule has 1 aliphatic rings. The molecule has 19 heavy (non-hydrogen) atoms. The lowest BCUT2D eigenvalue weighted by Gasteiger charge is -2.50. The van der Waals surface area contributed by atoms with Crippen LogP contribution in [-0.4, -0.2) is 38.1 Å². The van der Waals surface area contributed by atoms with Crippen molar-refractivity contribution in [1.82, 2.24) is 0 Å². The molecule has 0 amide bonds. The van der Waals surface area contributed by atoms with E-state index in [0.717, 1.165) is 22.6 Å². The van der Waals surface area contributed by atoms with E-state index in [9.17, 15) is 5.11 Å². The molecule has 0 aliphatic carbocycles. The SMILES string of the molecule is COc1cc(C2(C(C)(C)O)COC2)c(OC)cc1C. The molecule has 4 heteroatoms. The molecule has 0 spiro atoms. The van der Waals surface area contributed by atoms with E-state index in [1.807, 2.05) is 19.1 Å². The van der Waals surface area contributed by atoms with Crippen molar-refractivity contribution in [2.75, 3.05) is 27.4 Å². The largest absolute Gasteiger partial charge is 0.496 e. The summed E-state index contributed by atoms with van der Waals surface area (Å²) in [6, 6.07) is 3.90. The molecule has 1 N–H and O–H groups in total. The van der Waals surface area contributed by atoms with E-state index < -0.39 is 11.0 Å². The van der Waals surface area contributed by atoms with Crippen LogP contribution in [0.1, 0.15) is 25.0 Å². The van der Waals surface area contributed by atoms with Crippen LogP contribution >= 0.6 is 0 Å². The lowest BCUT2D eigenvalue weighted by Crippen LogP contribution is -2.60. The molecular formula is C15H22O4. The molecule has 4 nitrogen and oxygen atoms in total. The second-order valence-electron chi connectivity index (χ2n) is 5.66. The highest BCUT2D eigenvalue weighted by molar-refractivity contribution is 5.51. The molecule has 1 saturated heterocycles. The van der Waals surface area contributed by atoms with E-state index in [-0.39, 0.29) is 0 Å². The van der Waals surface area contributed by atoms with Gasteiger partial charge >= 0.3 is 0 Å². The van der Waals surface area contributed by atoms with Crippen LogP contribution in [0.5, 0.6) is 11.5 Å². The summed E-state index contributed by atoms with van der Waals surface area (Å²) in [7, 11) is 3.29. The van der Waals surface area contributed by atoms with Crippen molar-refractivity contribution in [1.29, 1.82) is 0 Å². The summed E-state index contributed by atoms with van der Waals surface area (Å²) >= 11 is 0. The van der Waals surface area contributed by atoms with Gasteiger partial charge in [0.25, 0.3) is 0 Å². The maximum absolute atomic E-state index is 10.5. The minimum absolute atomic E-state index is 0.445. The number of hydrogen-bond donors (Lipinski definition) is 1. The monoisotopic (exact) mass is 266 g/mol. The van der Waals surface area contributed by atoms with Crippen molar-refractivity contribution >= 4 is 0 Å². The molecule has 2 rings (SSSR count). The normalized spacial score (nSPS) is 17.8. The zero-order valence-corrected chi connectivity index (χ0v) is 12.2. The third-order valence-electron chi connectivity index (χ3n) is 4.10. The standard InChI is InChI=1S/C15H22O4/c1-10-6-13(18-5)11(7-12(10)17-4)15(8-19-9-15)14(2,3)16/h6-7,16H,8-9H2,1-5H3. The Kier molecular flexibility index (Phi) is 3.49. The average Bonchev–Trinajstić information content (AvgIpc) is 2.26. The zero-order valence-electron chi connectivity index (χ0n) is 12.2. The van der Waals surface area contributed by atoms with Gasteiger partial charge in [0.2, 0.25) is 0 Å². The molecule has 1 heterocycles. The third-order valence-corrected chi connectivity index (χ3v) is 4.10. The molecule has 0 atom stereocenters. The third kappa shape index (κ3) is 2.09. The number of benzene rings is 1. The fourth-order valence-corrected chi connectivity index (χ4v) is 2.57. The molecule has 1 aliphatic heterocycles. The van der Waals surface area contributed by atoms with Crippen LogP contribution < -0.4 is 9.47 Å². The predicted molar refractivity (Wildman–Crippen MR) is 73.1 cm³/mol. The van der Waals surface area contributed by atoms with Crippen molar-refractivity contribution in [3.05, 3.63) is 23.3 Å². The van der Waals surface area contributed by atoms with Gasteiger partial charge < -0.3 is 19.3 Å². The zero-order chi connectivity index (χ0) is 14.3. The van der Waals surface area contributed by atoms with E-state index >= 15 is 0 Å². The topological polar surface area (TPSA) is 47.9 Å². The molecule has 0 aromatic heterocycles. The maximum atomic E-state index is 10.5. The molecule has 0 radical (unpaired) electrons. The molecule has 0 bridgehead atoms. The van der Waals surface area contributed by atoms with Crippen molar-refractivity contribution < 1.29 is 19.3 Å². The Hall–Kier alpha value is -1.26. The molecule has 106 valence electrons.